The molecule has 2 amide bonds. The van der Waals surface area contributed by atoms with Crippen LogP contribution in [0.5, 0.6) is 0 Å². The topological polar surface area (TPSA) is 84.2 Å². The van der Waals surface area contributed by atoms with Crippen LogP contribution in [0.4, 0.5) is 0 Å². The van der Waals surface area contributed by atoms with Gasteiger partial charge < -0.3 is 16.4 Å². The van der Waals surface area contributed by atoms with E-state index in [1.807, 2.05) is 45.0 Å². The zero-order chi connectivity index (χ0) is 17.7. The lowest BCUT2D eigenvalue weighted by Crippen LogP contribution is -2.49. The van der Waals surface area contributed by atoms with Crippen molar-refractivity contribution in [3.05, 3.63) is 35.4 Å². The number of carbonyl (C=O) groups is 2. The molecule has 0 fully saturated rings. The Hall–Kier alpha value is -1.88. The van der Waals surface area contributed by atoms with Crippen LogP contribution >= 0.6 is 0 Å². The van der Waals surface area contributed by atoms with E-state index in [-0.39, 0.29) is 29.3 Å². The highest BCUT2D eigenvalue weighted by Crippen LogP contribution is 2.32. The number of hydrogen-bond acceptors (Lipinski definition) is 3. The molecule has 0 unspecified atom stereocenters. The summed E-state index contributed by atoms with van der Waals surface area (Å²) in [6, 6.07) is 7.65. The fourth-order valence-corrected chi connectivity index (χ4v) is 3.02. The summed E-state index contributed by atoms with van der Waals surface area (Å²) in [5, 5.41) is 5.76. The van der Waals surface area contributed by atoms with Crippen molar-refractivity contribution in [3.63, 3.8) is 0 Å². The van der Waals surface area contributed by atoms with Crippen molar-refractivity contribution >= 4 is 11.8 Å². The minimum Gasteiger partial charge on any atom is -0.352 e. The zero-order valence-corrected chi connectivity index (χ0v) is 14.8. The molecule has 1 aromatic carbocycles. The molecule has 0 aliphatic carbocycles. The highest BCUT2D eigenvalue weighted by atomic mass is 16.2. The molecular weight excluding hydrogens is 290 g/mol. The number of benzene rings is 1. The van der Waals surface area contributed by atoms with Crippen LogP contribution in [0, 0.1) is 0 Å². The summed E-state index contributed by atoms with van der Waals surface area (Å²) < 4.78 is 0. The maximum absolute atomic E-state index is 12.0. The van der Waals surface area contributed by atoms with Crippen LogP contribution < -0.4 is 16.4 Å². The van der Waals surface area contributed by atoms with Gasteiger partial charge >= 0.3 is 0 Å². The number of rotatable bonds is 7. The summed E-state index contributed by atoms with van der Waals surface area (Å²) in [4.78, 5) is 23.6. The SMILES string of the molecule is CCNC(=O)c1cccc(C(C)(C)CC(C)(C)NC(=O)CN)c1. The van der Waals surface area contributed by atoms with E-state index in [9.17, 15) is 9.59 Å². The summed E-state index contributed by atoms with van der Waals surface area (Å²) in [5.41, 5.74) is 6.51. The van der Waals surface area contributed by atoms with Crippen molar-refractivity contribution in [2.75, 3.05) is 13.1 Å². The lowest BCUT2D eigenvalue weighted by atomic mass is 9.74. The second-order valence-corrected chi connectivity index (χ2v) is 7.14. The quantitative estimate of drug-likeness (QED) is 0.718. The fraction of sp³-hybridized carbons (Fsp3) is 0.556. The Kier molecular flexibility index (Phi) is 6.33. The molecule has 0 aliphatic heterocycles. The molecule has 5 heteroatoms. The van der Waals surface area contributed by atoms with Crippen molar-refractivity contribution in [1.82, 2.24) is 10.6 Å². The van der Waals surface area contributed by atoms with Gasteiger partial charge in [0.15, 0.2) is 0 Å². The van der Waals surface area contributed by atoms with Crippen LogP contribution in [0.3, 0.4) is 0 Å². The first kappa shape index (κ1) is 19.2. The number of carbonyl (C=O) groups excluding carboxylic acids is 2. The molecule has 0 aromatic heterocycles. The Balaban J connectivity index is 2.97. The minimum absolute atomic E-state index is 0.0173. The largest absolute Gasteiger partial charge is 0.352 e. The van der Waals surface area contributed by atoms with E-state index in [1.165, 1.54) is 0 Å². The smallest absolute Gasteiger partial charge is 0.251 e. The Labute approximate surface area is 139 Å². The molecule has 5 nitrogen and oxygen atoms in total. The molecule has 0 saturated heterocycles. The molecule has 0 bridgehead atoms. The van der Waals surface area contributed by atoms with E-state index in [2.05, 4.69) is 24.5 Å². The molecule has 0 spiro atoms. The summed E-state index contributed by atoms with van der Waals surface area (Å²) in [6.45, 7) is 10.7. The van der Waals surface area contributed by atoms with Crippen molar-refractivity contribution in [3.8, 4) is 0 Å². The van der Waals surface area contributed by atoms with Gasteiger partial charge in [0, 0.05) is 17.6 Å². The van der Waals surface area contributed by atoms with Gasteiger partial charge in [-0.25, -0.2) is 0 Å². The molecule has 1 aromatic rings. The van der Waals surface area contributed by atoms with Crippen molar-refractivity contribution in [2.24, 2.45) is 5.73 Å². The number of hydrogen-bond donors (Lipinski definition) is 3. The molecule has 0 saturated carbocycles. The van der Waals surface area contributed by atoms with Gasteiger partial charge in [0.25, 0.3) is 5.91 Å². The lowest BCUT2D eigenvalue weighted by molar-refractivity contribution is -0.121. The maximum atomic E-state index is 12.0. The average molecular weight is 319 g/mol. The Morgan fingerprint density at radius 1 is 1.17 bits per heavy atom. The number of nitrogens with one attached hydrogen (secondary N) is 2. The standard InChI is InChI=1S/C18H29N3O2/c1-6-20-16(23)13-8-7-9-14(10-13)17(2,3)12-18(4,5)21-15(22)11-19/h7-10H,6,11-12,19H2,1-5H3,(H,20,23)(H,21,22). The Bertz CT molecular complexity index is 565. The third kappa shape index (κ3) is 5.67. The predicted molar refractivity (Wildman–Crippen MR) is 93.4 cm³/mol. The summed E-state index contributed by atoms with van der Waals surface area (Å²) in [6.07, 6.45) is 0.727. The van der Waals surface area contributed by atoms with E-state index >= 15 is 0 Å². The molecule has 0 heterocycles. The summed E-state index contributed by atoms with van der Waals surface area (Å²) in [5.74, 6) is -0.234. The van der Waals surface area contributed by atoms with Crippen molar-refractivity contribution < 1.29 is 9.59 Å². The van der Waals surface area contributed by atoms with Crippen LogP contribution in [0.2, 0.25) is 0 Å². The van der Waals surface area contributed by atoms with Crippen molar-refractivity contribution in [1.29, 1.82) is 0 Å². The fourth-order valence-electron chi connectivity index (χ4n) is 3.02. The highest BCUT2D eigenvalue weighted by Gasteiger charge is 2.31. The first-order valence-corrected chi connectivity index (χ1v) is 8.01. The van der Waals surface area contributed by atoms with Crippen LogP contribution in [0.1, 0.15) is 57.0 Å². The van der Waals surface area contributed by atoms with E-state index in [4.69, 9.17) is 5.73 Å². The maximum Gasteiger partial charge on any atom is 0.251 e. The lowest BCUT2D eigenvalue weighted by Gasteiger charge is -2.36. The van der Waals surface area contributed by atoms with Crippen LogP contribution in [0.15, 0.2) is 24.3 Å². The summed E-state index contributed by atoms with van der Waals surface area (Å²) in [7, 11) is 0. The van der Waals surface area contributed by atoms with Gasteiger partial charge in [-0.3, -0.25) is 9.59 Å². The summed E-state index contributed by atoms with van der Waals surface area (Å²) >= 11 is 0. The zero-order valence-electron chi connectivity index (χ0n) is 14.8. The van der Waals surface area contributed by atoms with Crippen LogP contribution in [-0.2, 0) is 10.2 Å². The monoisotopic (exact) mass is 319 g/mol. The van der Waals surface area contributed by atoms with Gasteiger partial charge in [0.1, 0.15) is 0 Å². The van der Waals surface area contributed by atoms with Gasteiger partial charge in [0.2, 0.25) is 5.91 Å². The van der Waals surface area contributed by atoms with Gasteiger partial charge in [-0.2, -0.15) is 0 Å². The minimum atomic E-state index is -0.387. The van der Waals surface area contributed by atoms with Crippen LogP contribution in [0.25, 0.3) is 0 Å². The van der Waals surface area contributed by atoms with Crippen LogP contribution in [-0.4, -0.2) is 30.4 Å². The molecule has 23 heavy (non-hydrogen) atoms. The van der Waals surface area contributed by atoms with E-state index < -0.39 is 0 Å². The Morgan fingerprint density at radius 2 is 1.83 bits per heavy atom. The van der Waals surface area contributed by atoms with Crippen molar-refractivity contribution in [2.45, 2.75) is 52.0 Å². The average Bonchev–Trinajstić information content (AvgIpc) is 2.46. The molecular formula is C18H29N3O2. The molecule has 4 N–H and O–H groups in total. The van der Waals surface area contributed by atoms with E-state index in [0.717, 1.165) is 12.0 Å². The number of nitrogens with two attached hydrogens (primary N) is 1. The third-order valence-corrected chi connectivity index (χ3v) is 3.79. The second kappa shape index (κ2) is 7.59. The van der Waals surface area contributed by atoms with E-state index in [0.29, 0.717) is 12.1 Å². The van der Waals surface area contributed by atoms with Gasteiger partial charge in [-0.1, -0.05) is 26.0 Å². The highest BCUT2D eigenvalue weighted by molar-refractivity contribution is 5.94. The molecule has 128 valence electrons. The van der Waals surface area contributed by atoms with Gasteiger partial charge in [-0.05, 0) is 50.3 Å². The van der Waals surface area contributed by atoms with Gasteiger partial charge in [0.05, 0.1) is 6.54 Å². The molecule has 0 atom stereocenters. The first-order chi connectivity index (χ1) is 10.6. The van der Waals surface area contributed by atoms with Gasteiger partial charge in [-0.15, -0.1) is 0 Å². The molecule has 0 radical (unpaired) electrons. The Morgan fingerprint density at radius 3 is 2.39 bits per heavy atom. The number of amides is 2. The van der Waals surface area contributed by atoms with E-state index in [1.54, 1.807) is 0 Å². The molecule has 0 aliphatic rings. The molecule has 1 rings (SSSR count). The second-order valence-electron chi connectivity index (χ2n) is 7.14. The first-order valence-electron chi connectivity index (χ1n) is 8.01. The normalized spacial score (nSPS) is 11.9. The predicted octanol–water partition coefficient (Wildman–Crippen LogP) is 1.96. The third-order valence-electron chi connectivity index (χ3n) is 3.79.